The van der Waals surface area contributed by atoms with Crippen molar-refractivity contribution in [3.63, 3.8) is 0 Å². The number of fused-ring (bicyclic) bond motifs is 2. The number of carboxylic acid groups (broad SMARTS) is 1. The number of ether oxygens (including phenoxy) is 1. The molecule has 8 nitrogen and oxygen atoms in total. The molecule has 2 aliphatic carbocycles. The largest absolute Gasteiger partial charge is 0.491 e. The van der Waals surface area contributed by atoms with Gasteiger partial charge in [0.2, 0.25) is 0 Å². The highest BCUT2D eigenvalue weighted by atomic mass is 35.5. The molecule has 1 N–H and O–H groups in total. The quantitative estimate of drug-likeness (QED) is 0.242. The van der Waals surface area contributed by atoms with E-state index < -0.39 is 17.3 Å². The third-order valence-electron chi connectivity index (χ3n) is 9.86. The zero-order chi connectivity index (χ0) is 31.7. The third-order valence-corrected chi connectivity index (χ3v) is 11.1. The van der Waals surface area contributed by atoms with Crippen LogP contribution in [0.25, 0.3) is 21.3 Å². The molecule has 1 saturated carbocycles. The Hall–Kier alpha value is -3.41. The van der Waals surface area contributed by atoms with Crippen molar-refractivity contribution < 1.29 is 23.4 Å². The summed E-state index contributed by atoms with van der Waals surface area (Å²) in [6.07, 6.45) is 3.19. The Kier molecular flexibility index (Phi) is 7.49. The van der Waals surface area contributed by atoms with E-state index in [4.69, 9.17) is 21.3 Å². The fraction of sp³-hybridized carbons (Fsp3) is 0.455. The first-order valence-corrected chi connectivity index (χ1v) is 16.5. The number of alkyl halides is 2. The van der Waals surface area contributed by atoms with Crippen LogP contribution in [0.5, 0.6) is 5.75 Å². The van der Waals surface area contributed by atoms with Crippen LogP contribution in [-0.2, 0) is 19.4 Å². The van der Waals surface area contributed by atoms with Crippen molar-refractivity contribution in [2.24, 2.45) is 5.41 Å². The molecule has 45 heavy (non-hydrogen) atoms. The highest BCUT2D eigenvalue weighted by Crippen LogP contribution is 2.66. The molecule has 1 atom stereocenters. The summed E-state index contributed by atoms with van der Waals surface area (Å²) in [5.41, 5.74) is 3.40. The number of piperidine rings is 1. The summed E-state index contributed by atoms with van der Waals surface area (Å²) >= 11 is 7.70. The van der Waals surface area contributed by atoms with Crippen molar-refractivity contribution in [1.82, 2.24) is 19.4 Å². The predicted octanol–water partition coefficient (Wildman–Crippen LogP) is 6.55. The van der Waals surface area contributed by atoms with E-state index in [0.717, 1.165) is 22.4 Å². The molecule has 1 aromatic carbocycles. The molecule has 4 heterocycles. The van der Waals surface area contributed by atoms with Gasteiger partial charge in [-0.3, -0.25) is 19.2 Å². The maximum atomic E-state index is 13.9. The van der Waals surface area contributed by atoms with Gasteiger partial charge in [0.1, 0.15) is 18.2 Å². The maximum absolute atomic E-state index is 13.9. The van der Waals surface area contributed by atoms with Crippen LogP contribution >= 0.6 is 22.9 Å². The number of aryl methyl sites for hydroxylation is 3. The molecule has 1 spiro atoms. The Labute approximate surface area is 267 Å². The minimum atomic E-state index is -2.51. The van der Waals surface area contributed by atoms with Gasteiger partial charge in [-0.05, 0) is 83.3 Å². The van der Waals surface area contributed by atoms with Crippen LogP contribution in [0.4, 0.5) is 8.78 Å². The minimum Gasteiger partial charge on any atom is -0.491 e. The lowest BCUT2D eigenvalue weighted by molar-refractivity contribution is 0.0204. The van der Waals surface area contributed by atoms with Gasteiger partial charge in [0.15, 0.2) is 0 Å². The first-order valence-electron chi connectivity index (χ1n) is 15.2. The highest BCUT2D eigenvalue weighted by molar-refractivity contribution is 7.18. The minimum absolute atomic E-state index is 0.0149. The Morgan fingerprint density at radius 1 is 1.18 bits per heavy atom. The number of halogens is 3. The van der Waals surface area contributed by atoms with E-state index in [1.165, 1.54) is 11.3 Å². The van der Waals surface area contributed by atoms with Gasteiger partial charge < -0.3 is 9.84 Å². The summed E-state index contributed by atoms with van der Waals surface area (Å²) in [6.45, 7) is 5.41. The van der Waals surface area contributed by atoms with Crippen molar-refractivity contribution in [3.8, 4) is 16.9 Å². The lowest BCUT2D eigenvalue weighted by Crippen LogP contribution is -2.47. The van der Waals surface area contributed by atoms with Gasteiger partial charge in [0.05, 0.1) is 28.0 Å². The van der Waals surface area contributed by atoms with E-state index in [-0.39, 0.29) is 36.7 Å². The van der Waals surface area contributed by atoms with Crippen LogP contribution in [-0.4, -0.2) is 62.2 Å². The maximum Gasteiger partial charge on any atom is 0.338 e. The zero-order valence-electron chi connectivity index (χ0n) is 25.0. The van der Waals surface area contributed by atoms with Gasteiger partial charge in [-0.2, -0.15) is 0 Å². The van der Waals surface area contributed by atoms with Gasteiger partial charge in [-0.25, -0.2) is 18.6 Å². The third kappa shape index (κ3) is 5.32. The molecule has 4 aromatic rings. The van der Waals surface area contributed by atoms with E-state index in [1.807, 2.05) is 19.9 Å². The first kappa shape index (κ1) is 30.3. The summed E-state index contributed by atoms with van der Waals surface area (Å²) in [7, 11) is 0. The number of aromatic nitrogens is 3. The molecular weight excluding hydrogens is 622 g/mol. The molecule has 3 aliphatic rings. The predicted molar refractivity (Wildman–Crippen MR) is 169 cm³/mol. The van der Waals surface area contributed by atoms with Crippen molar-refractivity contribution in [3.05, 3.63) is 73.4 Å². The average Bonchev–Trinajstić information content (AvgIpc) is 3.29. The Morgan fingerprint density at radius 3 is 2.64 bits per heavy atom. The van der Waals surface area contributed by atoms with E-state index in [9.17, 15) is 23.5 Å². The fourth-order valence-electron chi connectivity index (χ4n) is 7.20. The topological polar surface area (TPSA) is 97.6 Å². The second kappa shape index (κ2) is 11.1. The van der Waals surface area contributed by atoms with Gasteiger partial charge in [0.25, 0.3) is 11.5 Å². The van der Waals surface area contributed by atoms with Gasteiger partial charge in [0, 0.05) is 50.7 Å². The van der Waals surface area contributed by atoms with Crippen molar-refractivity contribution in [2.45, 2.75) is 70.9 Å². The lowest BCUT2D eigenvalue weighted by Gasteiger charge is -2.39. The van der Waals surface area contributed by atoms with E-state index in [0.29, 0.717) is 77.7 Å². The molecule has 7 rings (SSSR count). The van der Waals surface area contributed by atoms with Crippen LogP contribution in [0.15, 0.2) is 34.4 Å². The molecule has 1 aliphatic heterocycles. The molecule has 2 fully saturated rings. The molecular formula is C33H33ClF2N4O4S. The smallest absolute Gasteiger partial charge is 0.338 e. The summed E-state index contributed by atoms with van der Waals surface area (Å²) in [5, 5.41) is 11.7. The summed E-state index contributed by atoms with van der Waals surface area (Å²) in [6, 6.07) is 7.33. The fourth-order valence-corrected chi connectivity index (χ4v) is 8.38. The number of hydrogen-bond acceptors (Lipinski definition) is 7. The van der Waals surface area contributed by atoms with E-state index in [1.54, 1.807) is 28.1 Å². The number of nitrogens with zero attached hydrogens (tertiary/aromatic N) is 4. The van der Waals surface area contributed by atoms with Crippen LogP contribution < -0.4 is 10.3 Å². The Balaban J connectivity index is 1.10. The second-order valence-corrected chi connectivity index (χ2v) is 13.9. The molecule has 12 heteroatoms. The van der Waals surface area contributed by atoms with E-state index >= 15 is 0 Å². The van der Waals surface area contributed by atoms with Crippen LogP contribution in [0, 0.1) is 19.3 Å². The molecule has 0 amide bonds. The molecule has 1 saturated heterocycles. The van der Waals surface area contributed by atoms with Crippen molar-refractivity contribution >= 4 is 39.1 Å². The number of pyridine rings is 1. The highest BCUT2D eigenvalue weighted by Gasteiger charge is 2.70. The van der Waals surface area contributed by atoms with Crippen LogP contribution in [0.3, 0.4) is 0 Å². The first-order chi connectivity index (χ1) is 21.5. The molecule has 236 valence electrons. The van der Waals surface area contributed by atoms with Crippen molar-refractivity contribution in [1.29, 1.82) is 0 Å². The van der Waals surface area contributed by atoms with Crippen LogP contribution in [0.1, 0.15) is 58.8 Å². The number of benzene rings is 1. The lowest BCUT2D eigenvalue weighted by atomic mass is 9.87. The van der Waals surface area contributed by atoms with Crippen LogP contribution in [0.2, 0.25) is 5.02 Å². The Morgan fingerprint density at radius 2 is 1.93 bits per heavy atom. The number of likely N-dealkylation sites (tertiary alicyclic amines) is 1. The molecule has 0 radical (unpaired) electrons. The summed E-state index contributed by atoms with van der Waals surface area (Å²) in [5.74, 6) is -2.37. The molecule has 3 aromatic heterocycles. The standard InChI is InChI=1S/C33H33ClF2N4O4S/c1-18-13-23(29-28(37-18)25(16-45-29)31(42)43)22-14-20(34)3-6-27(22)44-12-11-40-19(2)38-26-5-4-21(15-24(26)30(40)41)39-9-7-32(8-10-39)17-33(32,35)36/h3,6,13-14,16,21H,4-5,7-12,15,17H2,1-2H3,(H,42,43)/t21-/m1/s1. The molecule has 0 unspecified atom stereocenters. The number of aromatic carboxylic acids is 1. The van der Waals surface area contributed by atoms with E-state index in [2.05, 4.69) is 9.88 Å². The van der Waals surface area contributed by atoms with Gasteiger partial charge >= 0.3 is 5.97 Å². The monoisotopic (exact) mass is 654 g/mol. The SMILES string of the molecule is Cc1cc(-c2cc(Cl)ccc2OCCn2c(C)nc3c(c2=O)C[C@H](N2CCC4(CC2)CC4(F)F)CC3)c2scc(C(=O)O)c2n1. The van der Waals surface area contributed by atoms with Gasteiger partial charge in [-0.15, -0.1) is 11.3 Å². The average molecular weight is 655 g/mol. The van der Waals surface area contributed by atoms with Crippen molar-refractivity contribution in [2.75, 3.05) is 19.7 Å². The number of rotatable bonds is 7. The number of thiophene rings is 1. The molecule has 0 bridgehead atoms. The Bertz CT molecular complexity index is 1900. The summed E-state index contributed by atoms with van der Waals surface area (Å²) < 4.78 is 36.4. The number of carboxylic acids is 1. The second-order valence-electron chi connectivity index (χ2n) is 12.6. The van der Waals surface area contributed by atoms with Gasteiger partial charge in [-0.1, -0.05) is 11.6 Å². The normalized spacial score (nSPS) is 20.3. The number of carbonyl (C=O) groups is 1. The zero-order valence-corrected chi connectivity index (χ0v) is 26.6. The number of hydrogen-bond donors (Lipinski definition) is 1. The summed E-state index contributed by atoms with van der Waals surface area (Å²) in [4.78, 5) is 37.1.